The van der Waals surface area contributed by atoms with Crippen LogP contribution in [0.4, 0.5) is 0 Å². The van der Waals surface area contributed by atoms with Gasteiger partial charge in [0.25, 0.3) is 0 Å². The average molecular weight is 238 g/mol. The molecule has 0 fully saturated rings. The van der Waals surface area contributed by atoms with E-state index in [1.165, 1.54) is 0 Å². The van der Waals surface area contributed by atoms with Gasteiger partial charge in [0, 0.05) is 5.56 Å². The second kappa shape index (κ2) is 6.62. The monoisotopic (exact) mass is 238 g/mol. The number of benzene rings is 1. The lowest BCUT2D eigenvalue weighted by Gasteiger charge is -2.23. The predicted octanol–water partition coefficient (Wildman–Crippen LogP) is 3.54. The Hall–Kier alpha value is -1.06. The molecule has 0 heterocycles. The summed E-state index contributed by atoms with van der Waals surface area (Å²) in [6.07, 6.45) is -0.111. The summed E-state index contributed by atoms with van der Waals surface area (Å²) in [6, 6.07) is 7.77. The number of ether oxygens (including phenoxy) is 3. The number of hydrogen-bond donors (Lipinski definition) is 0. The van der Waals surface area contributed by atoms with Crippen molar-refractivity contribution in [1.29, 1.82) is 0 Å². The molecule has 1 rings (SSSR count). The van der Waals surface area contributed by atoms with Gasteiger partial charge in [0.05, 0.1) is 19.3 Å². The molecule has 0 radical (unpaired) electrons. The fraction of sp³-hybridized carbons (Fsp3) is 0.571. The molecule has 0 aromatic heterocycles. The molecular formula is C14H22O3. The van der Waals surface area contributed by atoms with E-state index < -0.39 is 0 Å². The molecule has 0 spiro atoms. The van der Waals surface area contributed by atoms with E-state index in [2.05, 4.69) is 0 Å². The maximum absolute atomic E-state index is 5.77. The van der Waals surface area contributed by atoms with Gasteiger partial charge in [-0.15, -0.1) is 0 Å². The van der Waals surface area contributed by atoms with Gasteiger partial charge in [-0.2, -0.15) is 0 Å². The molecule has 3 heteroatoms. The van der Waals surface area contributed by atoms with Crippen LogP contribution in [-0.2, 0) is 9.47 Å². The molecule has 96 valence electrons. The maximum atomic E-state index is 5.77. The third-order valence-corrected chi connectivity index (χ3v) is 2.16. The Labute approximate surface area is 104 Å². The molecule has 0 atom stereocenters. The van der Waals surface area contributed by atoms with E-state index in [4.69, 9.17) is 14.2 Å². The summed E-state index contributed by atoms with van der Waals surface area (Å²) in [5.41, 5.74) is 0.978. The van der Waals surface area contributed by atoms with Crippen molar-refractivity contribution in [3.63, 3.8) is 0 Å². The third-order valence-electron chi connectivity index (χ3n) is 2.16. The number of methoxy groups -OCH3 is 1. The molecule has 0 N–H and O–H groups in total. The third kappa shape index (κ3) is 4.75. The van der Waals surface area contributed by atoms with Gasteiger partial charge in [-0.05, 0) is 39.8 Å². The lowest BCUT2D eigenvalue weighted by Crippen LogP contribution is -2.17. The molecule has 0 saturated carbocycles. The van der Waals surface area contributed by atoms with Crippen molar-refractivity contribution in [3.05, 3.63) is 29.8 Å². The first-order valence-corrected chi connectivity index (χ1v) is 5.97. The Kier molecular flexibility index (Phi) is 5.45. The van der Waals surface area contributed by atoms with Crippen molar-refractivity contribution in [2.75, 3.05) is 7.11 Å². The second-order valence-electron chi connectivity index (χ2n) is 4.48. The quantitative estimate of drug-likeness (QED) is 0.709. The Bertz CT molecular complexity index is 324. The molecule has 0 aliphatic rings. The highest BCUT2D eigenvalue weighted by Gasteiger charge is 2.16. The van der Waals surface area contributed by atoms with Crippen LogP contribution in [0.1, 0.15) is 39.5 Å². The van der Waals surface area contributed by atoms with Crippen LogP contribution in [0.25, 0.3) is 0 Å². The summed E-state index contributed by atoms with van der Waals surface area (Å²) in [5.74, 6) is 0.812. The Morgan fingerprint density at radius 1 is 0.941 bits per heavy atom. The van der Waals surface area contributed by atoms with E-state index in [1.807, 2.05) is 52.0 Å². The van der Waals surface area contributed by atoms with E-state index in [9.17, 15) is 0 Å². The lowest BCUT2D eigenvalue weighted by molar-refractivity contribution is -0.185. The first-order chi connectivity index (χ1) is 8.02. The summed E-state index contributed by atoms with van der Waals surface area (Å²) in [6.45, 7) is 7.99. The normalized spacial score (nSPS) is 11.5. The van der Waals surface area contributed by atoms with Crippen LogP contribution in [-0.4, -0.2) is 19.3 Å². The van der Waals surface area contributed by atoms with E-state index in [-0.39, 0.29) is 18.5 Å². The van der Waals surface area contributed by atoms with Crippen molar-refractivity contribution in [2.45, 2.75) is 46.2 Å². The SMILES string of the molecule is COc1cccc(C(OC(C)C)OC(C)C)c1. The van der Waals surface area contributed by atoms with Gasteiger partial charge in [-0.25, -0.2) is 0 Å². The van der Waals surface area contributed by atoms with Crippen LogP contribution >= 0.6 is 0 Å². The number of hydrogen-bond acceptors (Lipinski definition) is 3. The zero-order chi connectivity index (χ0) is 12.8. The van der Waals surface area contributed by atoms with Crippen molar-refractivity contribution >= 4 is 0 Å². The van der Waals surface area contributed by atoms with Gasteiger partial charge in [0.1, 0.15) is 5.75 Å². The summed E-state index contributed by atoms with van der Waals surface area (Å²) >= 11 is 0. The molecule has 0 bridgehead atoms. The Balaban J connectivity index is 2.86. The molecule has 17 heavy (non-hydrogen) atoms. The van der Waals surface area contributed by atoms with Gasteiger partial charge in [0.2, 0.25) is 0 Å². The minimum Gasteiger partial charge on any atom is -0.497 e. The predicted molar refractivity (Wildman–Crippen MR) is 68.2 cm³/mol. The van der Waals surface area contributed by atoms with Crippen molar-refractivity contribution in [1.82, 2.24) is 0 Å². The lowest BCUT2D eigenvalue weighted by atomic mass is 10.2. The van der Waals surface area contributed by atoms with Crippen LogP contribution in [0.2, 0.25) is 0 Å². The molecule has 3 nitrogen and oxygen atoms in total. The fourth-order valence-corrected chi connectivity index (χ4v) is 1.47. The van der Waals surface area contributed by atoms with Crippen LogP contribution in [0.3, 0.4) is 0 Å². The highest BCUT2D eigenvalue weighted by molar-refractivity contribution is 5.29. The van der Waals surface area contributed by atoms with E-state index in [0.717, 1.165) is 11.3 Å². The fourth-order valence-electron chi connectivity index (χ4n) is 1.47. The molecule has 0 amide bonds. The van der Waals surface area contributed by atoms with Gasteiger partial charge in [-0.3, -0.25) is 0 Å². The van der Waals surface area contributed by atoms with Crippen LogP contribution in [0, 0.1) is 0 Å². The zero-order valence-electron chi connectivity index (χ0n) is 11.3. The first kappa shape index (κ1) is 14.0. The van der Waals surface area contributed by atoms with Gasteiger partial charge >= 0.3 is 0 Å². The van der Waals surface area contributed by atoms with E-state index in [0.29, 0.717) is 0 Å². The van der Waals surface area contributed by atoms with Gasteiger partial charge < -0.3 is 14.2 Å². The summed E-state index contributed by atoms with van der Waals surface area (Å²) in [7, 11) is 1.65. The van der Waals surface area contributed by atoms with Crippen molar-refractivity contribution in [3.8, 4) is 5.75 Å². The molecule has 1 aromatic carbocycles. The standard InChI is InChI=1S/C14H22O3/c1-10(2)16-14(17-11(3)4)12-7-6-8-13(9-12)15-5/h6-11,14H,1-5H3. The van der Waals surface area contributed by atoms with Crippen LogP contribution in [0.5, 0.6) is 5.75 Å². The largest absolute Gasteiger partial charge is 0.497 e. The number of rotatable bonds is 6. The molecule has 0 aliphatic carbocycles. The molecule has 0 aliphatic heterocycles. The average Bonchev–Trinajstić information content (AvgIpc) is 2.27. The van der Waals surface area contributed by atoms with Gasteiger partial charge in [-0.1, -0.05) is 12.1 Å². The van der Waals surface area contributed by atoms with Crippen LogP contribution < -0.4 is 4.74 Å². The van der Waals surface area contributed by atoms with Crippen molar-refractivity contribution < 1.29 is 14.2 Å². The minimum atomic E-state index is -0.343. The van der Waals surface area contributed by atoms with E-state index >= 15 is 0 Å². The smallest absolute Gasteiger partial charge is 0.184 e. The van der Waals surface area contributed by atoms with Crippen LogP contribution in [0.15, 0.2) is 24.3 Å². The summed E-state index contributed by atoms with van der Waals surface area (Å²) in [4.78, 5) is 0. The molecule has 0 saturated heterocycles. The Morgan fingerprint density at radius 2 is 1.53 bits per heavy atom. The van der Waals surface area contributed by atoms with Crippen molar-refractivity contribution in [2.24, 2.45) is 0 Å². The highest BCUT2D eigenvalue weighted by atomic mass is 16.7. The summed E-state index contributed by atoms with van der Waals surface area (Å²) in [5, 5.41) is 0. The second-order valence-corrected chi connectivity index (χ2v) is 4.48. The van der Waals surface area contributed by atoms with E-state index in [1.54, 1.807) is 7.11 Å². The molecular weight excluding hydrogens is 216 g/mol. The highest BCUT2D eigenvalue weighted by Crippen LogP contribution is 2.25. The minimum absolute atomic E-state index is 0.116. The summed E-state index contributed by atoms with van der Waals surface area (Å²) < 4.78 is 16.7. The maximum Gasteiger partial charge on any atom is 0.184 e. The first-order valence-electron chi connectivity index (χ1n) is 5.97. The topological polar surface area (TPSA) is 27.7 Å². The molecule has 0 unspecified atom stereocenters. The zero-order valence-corrected chi connectivity index (χ0v) is 11.3. The molecule has 1 aromatic rings. The van der Waals surface area contributed by atoms with Gasteiger partial charge in [0.15, 0.2) is 6.29 Å². The Morgan fingerprint density at radius 3 is 2.00 bits per heavy atom.